The molecular formula is C19H17ClF4N6. The van der Waals surface area contributed by atoms with E-state index in [1.165, 1.54) is 6.20 Å². The number of hydrogen-bond donors (Lipinski definition) is 1. The van der Waals surface area contributed by atoms with Crippen LogP contribution in [0.1, 0.15) is 12.1 Å². The molecule has 30 heavy (non-hydrogen) atoms. The topological polar surface area (TPSA) is 64.3 Å². The summed E-state index contributed by atoms with van der Waals surface area (Å²) in [5.41, 5.74) is 7.04. The molecule has 0 saturated carbocycles. The smallest absolute Gasteiger partial charge is 0.266 e. The van der Waals surface area contributed by atoms with Crippen molar-refractivity contribution in [2.24, 2.45) is 5.73 Å². The van der Waals surface area contributed by atoms with Crippen molar-refractivity contribution in [3.05, 3.63) is 59.2 Å². The monoisotopic (exact) mass is 440 g/mol. The maximum atomic E-state index is 13.9. The summed E-state index contributed by atoms with van der Waals surface area (Å²) in [5.74, 6) is -4.78. The largest absolute Gasteiger partial charge is 0.340 e. The summed E-state index contributed by atoms with van der Waals surface area (Å²) in [6, 6.07) is 3.84. The highest BCUT2D eigenvalue weighted by Gasteiger charge is 2.42. The van der Waals surface area contributed by atoms with E-state index < -0.39 is 30.0 Å². The lowest BCUT2D eigenvalue weighted by atomic mass is 10.0. The van der Waals surface area contributed by atoms with Gasteiger partial charge in [-0.05, 0) is 6.07 Å². The van der Waals surface area contributed by atoms with E-state index in [1.807, 2.05) is 0 Å². The van der Waals surface area contributed by atoms with Gasteiger partial charge in [-0.25, -0.2) is 27.4 Å². The number of anilines is 1. The summed E-state index contributed by atoms with van der Waals surface area (Å²) < 4.78 is 56.8. The van der Waals surface area contributed by atoms with Gasteiger partial charge >= 0.3 is 0 Å². The summed E-state index contributed by atoms with van der Waals surface area (Å²) in [6.45, 7) is 6.98. The van der Waals surface area contributed by atoms with E-state index in [9.17, 15) is 17.6 Å². The van der Waals surface area contributed by atoms with Gasteiger partial charge in [0.1, 0.15) is 0 Å². The quantitative estimate of drug-likeness (QED) is 0.495. The van der Waals surface area contributed by atoms with Gasteiger partial charge in [-0.2, -0.15) is 0 Å². The molecule has 1 aliphatic rings. The molecule has 0 amide bonds. The van der Waals surface area contributed by atoms with E-state index in [0.29, 0.717) is 16.9 Å². The predicted molar refractivity (Wildman–Crippen MR) is 106 cm³/mol. The van der Waals surface area contributed by atoms with E-state index in [0.717, 1.165) is 12.1 Å². The minimum Gasteiger partial charge on any atom is -0.340 e. The van der Waals surface area contributed by atoms with Gasteiger partial charge in [-0.15, -0.1) is 12.4 Å². The zero-order valence-electron chi connectivity index (χ0n) is 15.5. The van der Waals surface area contributed by atoms with E-state index in [4.69, 9.17) is 12.3 Å². The third-order valence-corrected chi connectivity index (χ3v) is 4.99. The fraction of sp³-hybridized carbons (Fsp3) is 0.316. The average Bonchev–Trinajstić information content (AvgIpc) is 3.02. The summed E-state index contributed by atoms with van der Waals surface area (Å²) in [4.78, 5) is 13.4. The van der Waals surface area contributed by atoms with E-state index in [-0.39, 0.29) is 43.5 Å². The van der Waals surface area contributed by atoms with Crippen LogP contribution in [0, 0.1) is 18.2 Å². The number of nitrogens with zero attached hydrogens (tertiary/aromatic N) is 5. The zero-order chi connectivity index (χ0) is 20.8. The number of alkyl halides is 2. The molecule has 1 aromatic carbocycles. The van der Waals surface area contributed by atoms with Crippen LogP contribution in [0.3, 0.4) is 0 Å². The Hall–Kier alpha value is -2.90. The maximum absolute atomic E-state index is 13.9. The molecule has 2 N–H and O–H groups in total. The number of nitrogens with two attached hydrogens (primary N) is 1. The van der Waals surface area contributed by atoms with Gasteiger partial charge in [-0.3, -0.25) is 4.98 Å². The number of hydrogen-bond acceptors (Lipinski definition) is 4. The Balaban J connectivity index is 0.00000256. The number of pyridine rings is 1. The highest BCUT2D eigenvalue weighted by Crippen LogP contribution is 2.32. The number of halogens is 5. The fourth-order valence-corrected chi connectivity index (χ4v) is 3.36. The lowest BCUT2D eigenvalue weighted by Crippen LogP contribution is -2.55. The summed E-state index contributed by atoms with van der Waals surface area (Å²) in [7, 11) is 0. The number of benzene rings is 1. The fourth-order valence-electron chi connectivity index (χ4n) is 3.36. The molecule has 0 unspecified atom stereocenters. The number of fused-ring (bicyclic) bond motifs is 1. The molecule has 0 bridgehead atoms. The lowest BCUT2D eigenvalue weighted by Gasteiger charge is -2.37. The van der Waals surface area contributed by atoms with Crippen LogP contribution < -0.4 is 10.6 Å². The van der Waals surface area contributed by atoms with Crippen molar-refractivity contribution in [2.75, 3.05) is 18.0 Å². The summed E-state index contributed by atoms with van der Waals surface area (Å²) >= 11 is 0. The molecule has 1 aliphatic heterocycles. The average molecular weight is 441 g/mol. The van der Waals surface area contributed by atoms with Crippen LogP contribution in [0.4, 0.5) is 29.2 Å². The maximum Gasteiger partial charge on any atom is 0.266 e. The lowest BCUT2D eigenvalue weighted by molar-refractivity contribution is -0.0395. The van der Waals surface area contributed by atoms with Gasteiger partial charge < -0.3 is 15.2 Å². The minimum absolute atomic E-state index is 0. The first kappa shape index (κ1) is 21.8. The van der Waals surface area contributed by atoms with Gasteiger partial charge in [0.25, 0.3) is 5.92 Å². The van der Waals surface area contributed by atoms with Crippen molar-refractivity contribution in [2.45, 2.75) is 24.9 Å². The first-order valence-electron chi connectivity index (χ1n) is 8.84. The van der Waals surface area contributed by atoms with Crippen molar-refractivity contribution >= 4 is 35.1 Å². The zero-order valence-corrected chi connectivity index (χ0v) is 16.3. The molecule has 6 nitrogen and oxygen atoms in total. The van der Waals surface area contributed by atoms with Crippen LogP contribution in [-0.4, -0.2) is 39.6 Å². The molecule has 4 rings (SSSR count). The summed E-state index contributed by atoms with van der Waals surface area (Å²) in [5, 5.41) is 0. The molecule has 2 aromatic heterocycles. The highest BCUT2D eigenvalue weighted by molar-refractivity contribution is 5.85. The first-order valence-corrected chi connectivity index (χ1v) is 8.84. The standard InChI is InChI=1S/C19H16F4N6.ClH/c1-25-11-2-3-12(26-8-11)9-29-16-7-14(21)13(20)6-15(16)27-18(29)28-5-4-19(22,23)17(24)10-28;/h2-3,6-8,17H,4-5,9-10,24H2;1H/t17-;/m1./s1. The van der Waals surface area contributed by atoms with E-state index in [1.54, 1.807) is 21.6 Å². The third kappa shape index (κ3) is 3.91. The molecule has 0 aliphatic carbocycles. The van der Waals surface area contributed by atoms with Crippen molar-refractivity contribution < 1.29 is 17.6 Å². The first-order chi connectivity index (χ1) is 13.8. The molecular weight excluding hydrogens is 424 g/mol. The summed E-state index contributed by atoms with van der Waals surface area (Å²) in [6.07, 6.45) is 0.955. The van der Waals surface area contributed by atoms with Gasteiger partial charge in [0.2, 0.25) is 11.6 Å². The third-order valence-electron chi connectivity index (χ3n) is 4.99. The van der Waals surface area contributed by atoms with Crippen LogP contribution in [-0.2, 0) is 6.54 Å². The molecule has 1 fully saturated rings. The van der Waals surface area contributed by atoms with Gasteiger partial charge in [0, 0.05) is 37.8 Å². The van der Waals surface area contributed by atoms with Crippen molar-refractivity contribution in [1.29, 1.82) is 0 Å². The Morgan fingerprint density at radius 3 is 2.60 bits per heavy atom. The normalized spacial score (nSPS) is 18.1. The molecule has 3 heterocycles. The molecule has 1 saturated heterocycles. The van der Waals surface area contributed by atoms with Crippen molar-refractivity contribution in [3.8, 4) is 0 Å². The molecule has 1 atom stereocenters. The molecule has 11 heteroatoms. The predicted octanol–water partition coefficient (Wildman–Crippen LogP) is 3.90. The highest BCUT2D eigenvalue weighted by atomic mass is 35.5. The second kappa shape index (κ2) is 8.08. The molecule has 158 valence electrons. The Bertz CT molecular complexity index is 1110. The number of imidazole rings is 1. The van der Waals surface area contributed by atoms with Crippen LogP contribution in [0.5, 0.6) is 0 Å². The van der Waals surface area contributed by atoms with Gasteiger partial charge in [0.05, 0.1) is 35.9 Å². The second-order valence-electron chi connectivity index (χ2n) is 6.94. The van der Waals surface area contributed by atoms with E-state index in [2.05, 4.69) is 14.8 Å². The minimum atomic E-state index is -2.98. The second-order valence-corrected chi connectivity index (χ2v) is 6.94. The molecule has 0 radical (unpaired) electrons. The van der Waals surface area contributed by atoms with E-state index >= 15 is 0 Å². The molecule has 3 aromatic rings. The Morgan fingerprint density at radius 2 is 1.97 bits per heavy atom. The number of rotatable bonds is 3. The van der Waals surface area contributed by atoms with Gasteiger partial charge in [-0.1, -0.05) is 6.07 Å². The van der Waals surface area contributed by atoms with Crippen LogP contribution in [0.15, 0.2) is 30.5 Å². The number of piperidine rings is 1. The van der Waals surface area contributed by atoms with Crippen LogP contribution in [0.2, 0.25) is 0 Å². The van der Waals surface area contributed by atoms with Crippen LogP contribution in [0.25, 0.3) is 15.9 Å². The van der Waals surface area contributed by atoms with Crippen LogP contribution >= 0.6 is 12.4 Å². The van der Waals surface area contributed by atoms with Crippen molar-refractivity contribution in [3.63, 3.8) is 0 Å². The Kier molecular flexibility index (Phi) is 5.87. The van der Waals surface area contributed by atoms with Crippen molar-refractivity contribution in [1.82, 2.24) is 14.5 Å². The Morgan fingerprint density at radius 1 is 1.23 bits per heavy atom. The number of aromatic nitrogens is 3. The van der Waals surface area contributed by atoms with Gasteiger partial charge in [0.15, 0.2) is 11.6 Å². The Labute approximate surface area is 175 Å². The molecule has 0 spiro atoms. The SMILES string of the molecule is Cl.[C-]#[N+]c1ccc(Cn2c(N3CCC(F)(F)[C@H](N)C3)nc3cc(F)c(F)cc32)nc1.